The van der Waals surface area contributed by atoms with Crippen LogP contribution in [0.1, 0.15) is 13.3 Å². The summed E-state index contributed by atoms with van der Waals surface area (Å²) in [7, 11) is -3.02. The maximum Gasteiger partial charge on any atom is 0.291 e. The average molecular weight is 425 g/mol. The highest BCUT2D eigenvalue weighted by Gasteiger charge is 2.13. The number of benzene rings is 1. The first-order chi connectivity index (χ1) is 11.6. The molecule has 136 valence electrons. The van der Waals surface area contributed by atoms with Crippen molar-refractivity contribution in [3.63, 3.8) is 0 Å². The molecular formula is C15H16Cl3N3O3S. The summed E-state index contributed by atoms with van der Waals surface area (Å²) < 4.78 is 23.5. The van der Waals surface area contributed by atoms with Crippen molar-refractivity contribution in [2.75, 3.05) is 17.3 Å². The highest BCUT2D eigenvalue weighted by atomic mass is 35.5. The summed E-state index contributed by atoms with van der Waals surface area (Å²) in [4.78, 5) is 12.1. The molecule has 0 saturated carbocycles. The number of hydrogen-bond donors (Lipinski definition) is 1. The highest BCUT2D eigenvalue weighted by Crippen LogP contribution is 2.26. The predicted molar refractivity (Wildman–Crippen MR) is 102 cm³/mol. The fourth-order valence-corrected chi connectivity index (χ4v) is 3.34. The summed E-state index contributed by atoms with van der Waals surface area (Å²) in [5, 5.41) is 7.40. The van der Waals surface area contributed by atoms with Crippen LogP contribution in [0.25, 0.3) is 5.69 Å². The van der Waals surface area contributed by atoms with Crippen LogP contribution < -0.4 is 10.9 Å². The van der Waals surface area contributed by atoms with E-state index in [9.17, 15) is 13.2 Å². The smallest absolute Gasteiger partial charge is 0.291 e. The van der Waals surface area contributed by atoms with Gasteiger partial charge < -0.3 is 5.32 Å². The van der Waals surface area contributed by atoms with Gasteiger partial charge in [0.1, 0.15) is 14.9 Å². The molecule has 1 heterocycles. The second-order valence-electron chi connectivity index (χ2n) is 5.65. The summed E-state index contributed by atoms with van der Waals surface area (Å²) in [6.45, 7) is 1.86. The zero-order valence-electron chi connectivity index (χ0n) is 13.5. The summed E-state index contributed by atoms with van der Waals surface area (Å²) in [6.07, 6.45) is 2.92. The average Bonchev–Trinajstić information content (AvgIpc) is 2.52. The molecule has 0 aliphatic carbocycles. The summed E-state index contributed by atoms with van der Waals surface area (Å²) in [6, 6.07) is 4.80. The summed E-state index contributed by atoms with van der Waals surface area (Å²) in [5.74, 6) is 0.0828. The minimum Gasteiger partial charge on any atom is -0.381 e. The number of hydrogen-bond acceptors (Lipinski definition) is 5. The van der Waals surface area contributed by atoms with Crippen molar-refractivity contribution in [1.82, 2.24) is 9.78 Å². The van der Waals surface area contributed by atoms with Gasteiger partial charge in [0.25, 0.3) is 5.56 Å². The second-order valence-corrected chi connectivity index (χ2v) is 9.10. The summed E-state index contributed by atoms with van der Waals surface area (Å²) >= 11 is 17.9. The zero-order chi connectivity index (χ0) is 18.8. The van der Waals surface area contributed by atoms with Gasteiger partial charge in [-0.3, -0.25) is 4.79 Å². The number of sulfone groups is 1. The molecule has 1 N–H and O–H groups in total. The standard InChI is InChI=1S/C15H16Cl3N3O3S/c1-9(5-6-25(2,23)24)20-13-4-3-10(7-11(13)16)21-15(22)14(18)12(17)8-19-21/h3-4,7-9,20H,5-6H2,1-2H3. The van der Waals surface area contributed by atoms with Crippen LogP contribution >= 0.6 is 34.8 Å². The number of rotatable bonds is 6. The number of anilines is 1. The molecule has 0 amide bonds. The van der Waals surface area contributed by atoms with Crippen molar-refractivity contribution in [2.24, 2.45) is 0 Å². The first kappa shape index (κ1) is 20.0. The highest BCUT2D eigenvalue weighted by molar-refractivity contribution is 7.90. The van der Waals surface area contributed by atoms with Crippen LogP contribution in [0.5, 0.6) is 0 Å². The van der Waals surface area contributed by atoms with E-state index in [2.05, 4.69) is 10.4 Å². The largest absolute Gasteiger partial charge is 0.381 e. The van der Waals surface area contributed by atoms with E-state index >= 15 is 0 Å². The third kappa shape index (κ3) is 5.34. The number of aromatic nitrogens is 2. The molecule has 1 atom stereocenters. The molecule has 2 aromatic rings. The molecule has 10 heteroatoms. The Bertz CT molecular complexity index is 945. The first-order valence-corrected chi connectivity index (χ1v) is 10.5. The van der Waals surface area contributed by atoms with Gasteiger partial charge in [0.2, 0.25) is 0 Å². The molecule has 1 aromatic heterocycles. The Morgan fingerprint density at radius 2 is 1.92 bits per heavy atom. The van der Waals surface area contributed by atoms with E-state index in [1.54, 1.807) is 18.2 Å². The molecule has 0 aliphatic heterocycles. The molecule has 0 fully saturated rings. The van der Waals surface area contributed by atoms with E-state index in [1.807, 2.05) is 6.92 Å². The molecule has 6 nitrogen and oxygen atoms in total. The lowest BCUT2D eigenvalue weighted by Gasteiger charge is -2.16. The minimum atomic E-state index is -3.02. The Morgan fingerprint density at radius 3 is 2.52 bits per heavy atom. The van der Waals surface area contributed by atoms with Gasteiger partial charge in [0, 0.05) is 12.3 Å². The first-order valence-electron chi connectivity index (χ1n) is 7.26. The summed E-state index contributed by atoms with van der Waals surface area (Å²) in [5.41, 5.74) is 0.509. The van der Waals surface area contributed by atoms with Gasteiger partial charge in [-0.15, -0.1) is 0 Å². The Labute approximate surface area is 160 Å². The number of nitrogens with one attached hydrogen (secondary N) is 1. The third-order valence-electron chi connectivity index (χ3n) is 3.40. The van der Waals surface area contributed by atoms with Gasteiger partial charge in [-0.1, -0.05) is 34.8 Å². The molecular weight excluding hydrogens is 409 g/mol. The van der Waals surface area contributed by atoms with Crippen LogP contribution in [0.3, 0.4) is 0 Å². The fourth-order valence-electron chi connectivity index (χ4n) is 2.08. The van der Waals surface area contributed by atoms with Gasteiger partial charge in [-0.2, -0.15) is 9.78 Å². The number of halogens is 3. The topological polar surface area (TPSA) is 81.1 Å². The molecule has 0 spiro atoms. The molecule has 0 aliphatic rings. The normalized spacial score (nSPS) is 12.8. The van der Waals surface area contributed by atoms with Gasteiger partial charge in [-0.25, -0.2) is 8.42 Å². The lowest BCUT2D eigenvalue weighted by Crippen LogP contribution is -2.22. The van der Waals surface area contributed by atoms with Crippen LogP contribution in [-0.2, 0) is 9.84 Å². The maximum absolute atomic E-state index is 12.1. The Kier molecular flexibility index (Phi) is 6.37. The van der Waals surface area contributed by atoms with Crippen molar-refractivity contribution in [1.29, 1.82) is 0 Å². The van der Waals surface area contributed by atoms with E-state index < -0.39 is 15.4 Å². The van der Waals surface area contributed by atoms with E-state index in [4.69, 9.17) is 34.8 Å². The second kappa shape index (κ2) is 7.95. The SMILES string of the molecule is CC(CCS(C)(=O)=O)Nc1ccc(-n2ncc(Cl)c(Cl)c2=O)cc1Cl. The van der Waals surface area contributed by atoms with Crippen molar-refractivity contribution < 1.29 is 8.42 Å². The number of nitrogens with zero attached hydrogens (tertiary/aromatic N) is 2. The van der Waals surface area contributed by atoms with Crippen LogP contribution in [-0.4, -0.2) is 36.2 Å². The predicted octanol–water partition coefficient (Wildman–Crippen LogP) is 3.43. The minimum absolute atomic E-state index is 0.0759. The third-order valence-corrected chi connectivity index (χ3v) is 5.44. The fraction of sp³-hybridized carbons (Fsp3) is 0.333. The molecule has 0 saturated heterocycles. The van der Waals surface area contributed by atoms with Crippen LogP contribution in [0.15, 0.2) is 29.2 Å². The Balaban J connectivity index is 2.21. The van der Waals surface area contributed by atoms with E-state index in [0.29, 0.717) is 22.8 Å². The van der Waals surface area contributed by atoms with Crippen molar-refractivity contribution >= 4 is 50.3 Å². The Hall–Kier alpha value is -1.28. The quantitative estimate of drug-likeness (QED) is 0.768. The lowest BCUT2D eigenvalue weighted by atomic mass is 10.2. The van der Waals surface area contributed by atoms with E-state index in [0.717, 1.165) is 4.68 Å². The lowest BCUT2D eigenvalue weighted by molar-refractivity contribution is 0.596. The van der Waals surface area contributed by atoms with Gasteiger partial charge in [0.05, 0.1) is 33.4 Å². The molecule has 0 bridgehead atoms. The van der Waals surface area contributed by atoms with Gasteiger partial charge in [0.15, 0.2) is 0 Å². The van der Waals surface area contributed by atoms with Crippen molar-refractivity contribution in [3.05, 3.63) is 49.8 Å². The van der Waals surface area contributed by atoms with Crippen molar-refractivity contribution in [2.45, 2.75) is 19.4 Å². The van der Waals surface area contributed by atoms with Gasteiger partial charge in [-0.05, 0) is 31.5 Å². The van der Waals surface area contributed by atoms with Crippen LogP contribution in [0, 0.1) is 0 Å². The Morgan fingerprint density at radius 1 is 1.24 bits per heavy atom. The molecule has 1 unspecified atom stereocenters. The van der Waals surface area contributed by atoms with Gasteiger partial charge >= 0.3 is 0 Å². The molecule has 25 heavy (non-hydrogen) atoms. The maximum atomic E-state index is 12.1. The van der Waals surface area contributed by atoms with E-state index in [1.165, 1.54) is 12.5 Å². The van der Waals surface area contributed by atoms with Crippen LogP contribution in [0.2, 0.25) is 15.1 Å². The molecule has 0 radical (unpaired) electrons. The molecule has 2 rings (SSSR count). The van der Waals surface area contributed by atoms with Crippen LogP contribution in [0.4, 0.5) is 5.69 Å². The van der Waals surface area contributed by atoms with Crippen molar-refractivity contribution in [3.8, 4) is 5.69 Å². The van der Waals surface area contributed by atoms with E-state index in [-0.39, 0.29) is 21.8 Å². The zero-order valence-corrected chi connectivity index (χ0v) is 16.5. The monoisotopic (exact) mass is 423 g/mol. The molecule has 1 aromatic carbocycles.